The van der Waals surface area contributed by atoms with Gasteiger partial charge in [-0.05, 0) is 38.1 Å². The average Bonchev–Trinajstić information content (AvgIpc) is 3.64. The standard InChI is InChI=1S/C26H28FN5O4/c1-28-15-18-4-3-9-32(18)26(33)17-7-5-16(6-8-17)21-13-24(36-31-21)25-19-12-20(27)23(35-11-10-34-2)14-22(19)29-30-25/h5-8,12-14,18,28H,3-4,9-11,15H2,1-2H3,(H,29,30). The third kappa shape index (κ3) is 4.69. The second kappa shape index (κ2) is 10.5. The minimum atomic E-state index is -0.504. The molecule has 0 radical (unpaired) electrons. The summed E-state index contributed by atoms with van der Waals surface area (Å²) in [4.78, 5) is 14.9. The molecule has 1 amide bonds. The van der Waals surface area contributed by atoms with Crippen molar-refractivity contribution in [3.8, 4) is 28.5 Å². The molecule has 2 aromatic heterocycles. The molecule has 1 fully saturated rings. The van der Waals surface area contributed by atoms with E-state index in [4.69, 9.17) is 14.0 Å². The summed E-state index contributed by atoms with van der Waals surface area (Å²) in [5.41, 5.74) is 3.09. The number of H-pyrrole nitrogens is 1. The van der Waals surface area contributed by atoms with Crippen molar-refractivity contribution in [2.24, 2.45) is 0 Å². The van der Waals surface area contributed by atoms with Crippen molar-refractivity contribution < 1.29 is 23.2 Å². The summed E-state index contributed by atoms with van der Waals surface area (Å²) in [7, 11) is 3.46. The Morgan fingerprint density at radius 3 is 2.86 bits per heavy atom. The molecule has 1 unspecified atom stereocenters. The zero-order valence-corrected chi connectivity index (χ0v) is 20.2. The third-order valence-corrected chi connectivity index (χ3v) is 6.41. The minimum absolute atomic E-state index is 0.0377. The number of fused-ring (bicyclic) bond motifs is 1. The van der Waals surface area contributed by atoms with Crippen LogP contribution in [-0.2, 0) is 4.74 Å². The lowest BCUT2D eigenvalue weighted by atomic mass is 10.1. The number of hydrogen-bond acceptors (Lipinski definition) is 7. The summed E-state index contributed by atoms with van der Waals surface area (Å²) in [6.45, 7) is 2.17. The van der Waals surface area contributed by atoms with Crippen LogP contribution in [0.2, 0.25) is 0 Å². The molecule has 9 nitrogen and oxygen atoms in total. The number of rotatable bonds is 9. The molecule has 1 aliphatic rings. The maximum absolute atomic E-state index is 14.6. The van der Waals surface area contributed by atoms with E-state index < -0.39 is 5.82 Å². The Bertz CT molecular complexity index is 1350. The molecule has 1 saturated heterocycles. The molecule has 4 aromatic rings. The highest BCUT2D eigenvalue weighted by molar-refractivity contribution is 5.95. The molecular formula is C26H28FN5O4. The predicted octanol–water partition coefficient (Wildman–Crippen LogP) is 3.87. The minimum Gasteiger partial charge on any atom is -0.488 e. The largest absolute Gasteiger partial charge is 0.488 e. The molecule has 2 aromatic carbocycles. The second-order valence-corrected chi connectivity index (χ2v) is 8.75. The van der Waals surface area contributed by atoms with E-state index in [9.17, 15) is 9.18 Å². The number of likely N-dealkylation sites (N-methyl/N-ethyl adjacent to an activating group) is 1. The highest BCUT2D eigenvalue weighted by atomic mass is 19.1. The number of nitrogens with zero attached hydrogens (tertiary/aromatic N) is 3. The van der Waals surface area contributed by atoms with Crippen LogP contribution in [0.3, 0.4) is 0 Å². The maximum atomic E-state index is 14.6. The summed E-state index contributed by atoms with van der Waals surface area (Å²) in [6.07, 6.45) is 2.03. The smallest absolute Gasteiger partial charge is 0.254 e. The number of benzene rings is 2. The summed E-state index contributed by atoms with van der Waals surface area (Å²) in [6, 6.07) is 12.2. The Labute approximate surface area is 207 Å². The van der Waals surface area contributed by atoms with Gasteiger partial charge in [-0.15, -0.1) is 0 Å². The molecule has 3 heterocycles. The monoisotopic (exact) mass is 493 g/mol. The van der Waals surface area contributed by atoms with Crippen LogP contribution in [0.1, 0.15) is 23.2 Å². The number of ether oxygens (including phenoxy) is 2. The number of hydrogen-bond donors (Lipinski definition) is 2. The normalized spacial score (nSPS) is 15.6. The lowest BCUT2D eigenvalue weighted by Crippen LogP contribution is -2.40. The number of halogens is 1. The fourth-order valence-corrected chi connectivity index (χ4v) is 4.57. The first kappa shape index (κ1) is 24.0. The molecule has 2 N–H and O–H groups in total. The first-order valence-electron chi connectivity index (χ1n) is 11.9. The van der Waals surface area contributed by atoms with E-state index in [0.717, 1.165) is 31.5 Å². The number of methoxy groups -OCH3 is 1. The van der Waals surface area contributed by atoms with Crippen LogP contribution in [0.4, 0.5) is 4.39 Å². The van der Waals surface area contributed by atoms with Crippen LogP contribution in [-0.4, -0.2) is 72.7 Å². The fourth-order valence-electron chi connectivity index (χ4n) is 4.57. The van der Waals surface area contributed by atoms with Gasteiger partial charge in [0.25, 0.3) is 5.91 Å². The van der Waals surface area contributed by atoms with Crippen LogP contribution in [0.25, 0.3) is 33.6 Å². The molecule has 1 atom stereocenters. The van der Waals surface area contributed by atoms with E-state index in [1.165, 1.54) is 6.07 Å². The van der Waals surface area contributed by atoms with Crippen molar-refractivity contribution in [3.63, 3.8) is 0 Å². The van der Waals surface area contributed by atoms with Gasteiger partial charge in [-0.3, -0.25) is 9.89 Å². The Morgan fingerprint density at radius 2 is 2.08 bits per heavy atom. The van der Waals surface area contributed by atoms with E-state index in [1.807, 2.05) is 36.2 Å². The molecule has 0 saturated carbocycles. The van der Waals surface area contributed by atoms with Crippen LogP contribution < -0.4 is 10.1 Å². The Balaban J connectivity index is 1.34. The Kier molecular flexibility index (Phi) is 6.97. The van der Waals surface area contributed by atoms with E-state index in [1.54, 1.807) is 19.2 Å². The van der Waals surface area contributed by atoms with Gasteiger partial charge < -0.3 is 24.2 Å². The van der Waals surface area contributed by atoms with Gasteiger partial charge in [-0.25, -0.2) is 4.39 Å². The van der Waals surface area contributed by atoms with Gasteiger partial charge in [0, 0.05) is 54.9 Å². The lowest BCUT2D eigenvalue weighted by molar-refractivity contribution is 0.0737. The summed E-state index contributed by atoms with van der Waals surface area (Å²) in [5.74, 6) is 0.0524. The van der Waals surface area contributed by atoms with Crippen molar-refractivity contribution >= 4 is 16.8 Å². The number of carbonyl (C=O) groups excluding carboxylic acids is 1. The first-order chi connectivity index (χ1) is 17.6. The van der Waals surface area contributed by atoms with Crippen LogP contribution in [0.5, 0.6) is 5.75 Å². The summed E-state index contributed by atoms with van der Waals surface area (Å²) in [5, 5.41) is 15.1. The number of aromatic amines is 1. The zero-order chi connectivity index (χ0) is 25.1. The van der Waals surface area contributed by atoms with E-state index in [2.05, 4.69) is 20.7 Å². The summed E-state index contributed by atoms with van der Waals surface area (Å²) >= 11 is 0. The third-order valence-electron chi connectivity index (χ3n) is 6.41. The maximum Gasteiger partial charge on any atom is 0.254 e. The molecule has 188 valence electrons. The highest BCUT2D eigenvalue weighted by Gasteiger charge is 2.28. The van der Waals surface area contributed by atoms with E-state index in [0.29, 0.717) is 40.2 Å². The zero-order valence-electron chi connectivity index (χ0n) is 20.2. The Hall–Kier alpha value is -3.76. The van der Waals surface area contributed by atoms with Crippen molar-refractivity contribution in [2.45, 2.75) is 18.9 Å². The van der Waals surface area contributed by atoms with Gasteiger partial charge in [-0.1, -0.05) is 17.3 Å². The quantitative estimate of drug-likeness (QED) is 0.341. The topological polar surface area (TPSA) is 106 Å². The predicted molar refractivity (Wildman–Crippen MR) is 132 cm³/mol. The number of nitrogens with one attached hydrogen (secondary N) is 2. The van der Waals surface area contributed by atoms with Crippen LogP contribution in [0, 0.1) is 5.82 Å². The highest BCUT2D eigenvalue weighted by Crippen LogP contribution is 2.33. The lowest BCUT2D eigenvalue weighted by Gasteiger charge is -2.24. The second-order valence-electron chi connectivity index (χ2n) is 8.75. The first-order valence-corrected chi connectivity index (χ1v) is 11.9. The van der Waals surface area contributed by atoms with Gasteiger partial charge in [0.1, 0.15) is 18.0 Å². The fraction of sp³-hybridized carbons (Fsp3) is 0.346. The molecule has 1 aliphatic heterocycles. The van der Waals surface area contributed by atoms with E-state index >= 15 is 0 Å². The van der Waals surface area contributed by atoms with Gasteiger partial charge in [0.15, 0.2) is 17.3 Å². The molecule has 0 bridgehead atoms. The molecule has 0 aliphatic carbocycles. The van der Waals surface area contributed by atoms with Crippen LogP contribution >= 0.6 is 0 Å². The number of amides is 1. The van der Waals surface area contributed by atoms with Crippen molar-refractivity contribution in [1.29, 1.82) is 0 Å². The molecule has 0 spiro atoms. The molecule has 36 heavy (non-hydrogen) atoms. The SMILES string of the molecule is CNCC1CCCN1C(=O)c1ccc(-c2cc(-c3n[nH]c4cc(OCCOC)c(F)cc34)on2)cc1. The number of likely N-dealkylation sites (tertiary alicyclic amines) is 1. The van der Waals surface area contributed by atoms with Gasteiger partial charge in [0.2, 0.25) is 0 Å². The van der Waals surface area contributed by atoms with Crippen LogP contribution in [0.15, 0.2) is 47.0 Å². The summed E-state index contributed by atoms with van der Waals surface area (Å²) < 4.78 is 30.5. The van der Waals surface area contributed by atoms with Gasteiger partial charge in [-0.2, -0.15) is 5.10 Å². The van der Waals surface area contributed by atoms with E-state index in [-0.39, 0.29) is 24.3 Å². The molecular weight excluding hydrogens is 465 g/mol. The van der Waals surface area contributed by atoms with Crippen molar-refractivity contribution in [3.05, 3.63) is 53.8 Å². The molecule has 5 rings (SSSR count). The Morgan fingerprint density at radius 1 is 1.25 bits per heavy atom. The van der Waals surface area contributed by atoms with Crippen molar-refractivity contribution in [1.82, 2.24) is 25.6 Å². The van der Waals surface area contributed by atoms with Gasteiger partial charge >= 0.3 is 0 Å². The average molecular weight is 494 g/mol. The van der Waals surface area contributed by atoms with Gasteiger partial charge in [0.05, 0.1) is 12.1 Å². The number of carbonyl (C=O) groups is 1. The van der Waals surface area contributed by atoms with Crippen molar-refractivity contribution in [2.75, 3.05) is 40.5 Å². The number of aromatic nitrogens is 3. The molecule has 10 heteroatoms.